The summed E-state index contributed by atoms with van der Waals surface area (Å²) in [5, 5.41) is 14.4. The minimum absolute atomic E-state index is 0.258. The maximum absolute atomic E-state index is 13.3. The number of carbonyl (C=O) groups is 1. The number of anilines is 1. The number of carbonyl (C=O) groups excluding carboxylic acids is 1. The summed E-state index contributed by atoms with van der Waals surface area (Å²) in [6, 6.07) is 14.8. The molecule has 4 rings (SSSR count). The minimum atomic E-state index is -0.522. The van der Waals surface area contributed by atoms with Gasteiger partial charge in [-0.25, -0.2) is 4.39 Å². The normalized spacial score (nSPS) is 13.6. The number of thiophene rings is 1. The Hall–Kier alpha value is -2.19. The summed E-state index contributed by atoms with van der Waals surface area (Å²) in [5.74, 6) is -0.258. The van der Waals surface area contributed by atoms with E-state index in [0.29, 0.717) is 59.4 Å². The molecule has 1 saturated heterocycles. The summed E-state index contributed by atoms with van der Waals surface area (Å²) in [4.78, 5) is 15.9. The van der Waals surface area contributed by atoms with Gasteiger partial charge in [0.25, 0.3) is 5.91 Å². The Morgan fingerprint density at radius 2 is 1.91 bits per heavy atom. The summed E-state index contributed by atoms with van der Waals surface area (Å²) in [5.41, 5.74) is 3.37. The number of hydrogen-bond donors (Lipinski definition) is 1. The molecule has 0 atom stereocenters. The lowest BCUT2D eigenvalue weighted by molar-refractivity contribution is 0.0955. The lowest BCUT2D eigenvalue weighted by atomic mass is 10.0. The number of halogens is 3. The van der Waals surface area contributed by atoms with Crippen LogP contribution in [0.4, 0.5) is 9.39 Å². The third-order valence-corrected chi connectivity index (χ3v) is 7.71. The van der Waals surface area contributed by atoms with E-state index in [1.807, 2.05) is 12.1 Å². The van der Waals surface area contributed by atoms with E-state index in [2.05, 4.69) is 38.9 Å². The second-order valence-electron chi connectivity index (χ2n) is 7.45. The maximum Gasteiger partial charge on any atom is 0.262 e. The van der Waals surface area contributed by atoms with Crippen LogP contribution in [-0.4, -0.2) is 32.2 Å². The Balaban J connectivity index is 1.72. The molecule has 9 heteroatoms. The van der Waals surface area contributed by atoms with Crippen LogP contribution < -0.4 is 10.2 Å². The van der Waals surface area contributed by atoms with Gasteiger partial charge in [-0.05, 0) is 51.4 Å². The van der Waals surface area contributed by atoms with Crippen molar-refractivity contribution < 1.29 is 13.9 Å². The van der Waals surface area contributed by atoms with Crippen molar-refractivity contribution in [2.24, 2.45) is 0 Å². The van der Waals surface area contributed by atoms with E-state index in [1.54, 1.807) is 30.3 Å². The van der Waals surface area contributed by atoms with Gasteiger partial charge in [-0.2, -0.15) is 5.26 Å². The number of benzene rings is 2. The van der Waals surface area contributed by atoms with E-state index in [4.69, 9.17) is 16.3 Å². The van der Waals surface area contributed by atoms with Gasteiger partial charge in [0, 0.05) is 33.8 Å². The van der Waals surface area contributed by atoms with Crippen LogP contribution in [0.25, 0.3) is 11.1 Å². The first-order valence-corrected chi connectivity index (χ1v) is 12.6. The highest BCUT2D eigenvalue weighted by Crippen LogP contribution is 2.44. The van der Waals surface area contributed by atoms with Crippen LogP contribution in [0.15, 0.2) is 42.5 Å². The fourth-order valence-electron chi connectivity index (χ4n) is 3.63. The first kappa shape index (κ1) is 24.0. The van der Waals surface area contributed by atoms with Crippen molar-refractivity contribution in [2.45, 2.75) is 13.2 Å². The van der Waals surface area contributed by atoms with Crippen molar-refractivity contribution >= 4 is 56.4 Å². The van der Waals surface area contributed by atoms with Gasteiger partial charge in [0.05, 0.1) is 18.8 Å². The Bertz CT molecular complexity index is 1200. The molecular formula is C24H20ClFIN3O2S. The van der Waals surface area contributed by atoms with Crippen LogP contribution in [0.2, 0.25) is 5.02 Å². The molecule has 1 amide bonds. The number of nitrogens with zero attached hydrogens (tertiary/aromatic N) is 2. The third kappa shape index (κ3) is 5.32. The molecule has 1 aliphatic heterocycles. The number of hydrogen-bond acceptors (Lipinski definition) is 5. The first-order chi connectivity index (χ1) is 16.0. The van der Waals surface area contributed by atoms with Gasteiger partial charge < -0.3 is 15.0 Å². The molecule has 1 fully saturated rings. The molecule has 0 spiro atoms. The molecule has 1 N–H and O–H groups in total. The Kier molecular flexibility index (Phi) is 7.86. The van der Waals surface area contributed by atoms with Crippen LogP contribution in [0.3, 0.4) is 0 Å². The average molecular weight is 596 g/mol. The van der Waals surface area contributed by atoms with Gasteiger partial charge in [0.1, 0.15) is 22.6 Å². The van der Waals surface area contributed by atoms with Crippen LogP contribution in [0.1, 0.15) is 26.4 Å². The van der Waals surface area contributed by atoms with Crippen LogP contribution >= 0.6 is 45.5 Å². The molecule has 1 aliphatic rings. The molecule has 0 aliphatic carbocycles. The van der Waals surface area contributed by atoms with Crippen LogP contribution in [-0.2, 0) is 18.0 Å². The van der Waals surface area contributed by atoms with Gasteiger partial charge in [0.15, 0.2) is 0 Å². The molecule has 5 nitrogen and oxygen atoms in total. The van der Waals surface area contributed by atoms with Crippen LogP contribution in [0, 0.1) is 14.9 Å². The standard InChI is InChI=1S/C24H20ClFIN3O2S/c25-17-5-6-18(20(27)11-17)21-19(13-28)24(30-7-9-32-10-8-30)33-22(21)23(31)29-14-16-3-1-15(12-26)2-4-16/h1-6,11H,7-10,12,14H2,(H,29,31). The SMILES string of the molecule is N#Cc1c(N2CCOCC2)sc(C(=O)NCc2ccc(CF)cc2)c1-c1ccc(Cl)cc1I. The third-order valence-electron chi connectivity index (χ3n) is 5.34. The summed E-state index contributed by atoms with van der Waals surface area (Å²) in [6.07, 6.45) is 0. The van der Waals surface area contributed by atoms with Gasteiger partial charge in [-0.1, -0.05) is 41.9 Å². The number of nitriles is 1. The van der Waals surface area contributed by atoms with Crippen molar-refractivity contribution in [3.05, 3.63) is 72.6 Å². The van der Waals surface area contributed by atoms with E-state index >= 15 is 0 Å². The molecule has 33 heavy (non-hydrogen) atoms. The van der Waals surface area contributed by atoms with Crippen LogP contribution in [0.5, 0.6) is 0 Å². The van der Waals surface area contributed by atoms with Gasteiger partial charge >= 0.3 is 0 Å². The van der Waals surface area contributed by atoms with Crippen molar-refractivity contribution in [2.75, 3.05) is 31.2 Å². The second-order valence-corrected chi connectivity index (χ2v) is 10.1. The zero-order chi connectivity index (χ0) is 23.4. The zero-order valence-electron chi connectivity index (χ0n) is 17.5. The smallest absolute Gasteiger partial charge is 0.262 e. The quantitative estimate of drug-likeness (QED) is 0.367. The summed E-state index contributed by atoms with van der Waals surface area (Å²) >= 11 is 9.66. The lowest BCUT2D eigenvalue weighted by Gasteiger charge is -2.27. The topological polar surface area (TPSA) is 65.4 Å². The molecule has 2 aromatic carbocycles. The van der Waals surface area contributed by atoms with E-state index in [-0.39, 0.29) is 5.91 Å². The molecule has 3 aromatic rings. The number of alkyl halides is 1. The van der Waals surface area contributed by atoms with Crippen molar-refractivity contribution in [3.8, 4) is 17.2 Å². The Labute approximate surface area is 214 Å². The van der Waals surface area contributed by atoms with Gasteiger partial charge in [0.2, 0.25) is 0 Å². The Morgan fingerprint density at radius 3 is 2.55 bits per heavy atom. The molecular weight excluding hydrogens is 576 g/mol. The lowest BCUT2D eigenvalue weighted by Crippen LogP contribution is -2.36. The summed E-state index contributed by atoms with van der Waals surface area (Å²) < 4.78 is 19.1. The highest BCUT2D eigenvalue weighted by atomic mass is 127. The highest BCUT2D eigenvalue weighted by Gasteiger charge is 2.28. The van der Waals surface area contributed by atoms with Crippen molar-refractivity contribution in [3.63, 3.8) is 0 Å². The predicted molar refractivity (Wildman–Crippen MR) is 138 cm³/mol. The number of amides is 1. The Morgan fingerprint density at radius 1 is 1.21 bits per heavy atom. The molecule has 170 valence electrons. The molecule has 0 saturated carbocycles. The average Bonchev–Trinajstić information content (AvgIpc) is 3.23. The largest absolute Gasteiger partial charge is 0.378 e. The molecule has 2 heterocycles. The monoisotopic (exact) mass is 595 g/mol. The molecule has 0 radical (unpaired) electrons. The number of morpholine rings is 1. The predicted octanol–water partition coefficient (Wildman–Crippen LogP) is 5.78. The minimum Gasteiger partial charge on any atom is -0.378 e. The molecule has 0 bridgehead atoms. The first-order valence-electron chi connectivity index (χ1n) is 10.3. The second kappa shape index (κ2) is 10.8. The van der Waals surface area contributed by atoms with Crippen molar-refractivity contribution in [1.82, 2.24) is 5.32 Å². The maximum atomic E-state index is 13.3. The fraction of sp³-hybridized carbons (Fsp3) is 0.250. The van der Waals surface area contributed by atoms with E-state index in [1.165, 1.54) is 11.3 Å². The number of nitrogens with one attached hydrogen (secondary N) is 1. The highest BCUT2D eigenvalue weighted by molar-refractivity contribution is 14.1. The van der Waals surface area contributed by atoms with Gasteiger partial charge in [-0.15, -0.1) is 11.3 Å². The number of ether oxygens (including phenoxy) is 1. The molecule has 0 unspecified atom stereocenters. The van der Waals surface area contributed by atoms with E-state index in [9.17, 15) is 14.4 Å². The fourth-order valence-corrected chi connectivity index (χ4v) is 6.00. The zero-order valence-corrected chi connectivity index (χ0v) is 21.3. The summed E-state index contributed by atoms with van der Waals surface area (Å²) in [7, 11) is 0. The molecule has 1 aromatic heterocycles. The van der Waals surface area contributed by atoms with E-state index in [0.717, 1.165) is 19.7 Å². The van der Waals surface area contributed by atoms with Crippen molar-refractivity contribution in [1.29, 1.82) is 5.26 Å². The van der Waals surface area contributed by atoms with Gasteiger partial charge in [-0.3, -0.25) is 4.79 Å². The van der Waals surface area contributed by atoms with E-state index < -0.39 is 6.67 Å². The number of rotatable bonds is 6. The summed E-state index contributed by atoms with van der Waals surface area (Å²) in [6.45, 7) is 2.25.